The number of hydrogen-bond acceptors (Lipinski definition) is 6. The Kier molecular flexibility index (Phi) is 8.98. The van der Waals surface area contributed by atoms with Gasteiger partial charge in [0.25, 0.3) is 5.91 Å². The minimum Gasteiger partial charge on any atom is -0.380 e. The van der Waals surface area contributed by atoms with Gasteiger partial charge in [0.2, 0.25) is 11.8 Å². The number of fused-ring (bicyclic) bond motifs is 1. The highest BCUT2D eigenvalue weighted by molar-refractivity contribution is 5.95. The first kappa shape index (κ1) is 32.2. The highest BCUT2D eigenvalue weighted by Gasteiger charge is 2.50. The summed E-state index contributed by atoms with van der Waals surface area (Å²) in [4.78, 5) is 49.4. The maximum atomic E-state index is 14.2. The van der Waals surface area contributed by atoms with E-state index in [-0.39, 0.29) is 41.7 Å². The van der Waals surface area contributed by atoms with Crippen LogP contribution in [0.3, 0.4) is 0 Å². The van der Waals surface area contributed by atoms with Crippen LogP contribution in [0.5, 0.6) is 0 Å². The molecule has 11 nitrogen and oxygen atoms in total. The topological polar surface area (TPSA) is 143 Å². The zero-order valence-corrected chi connectivity index (χ0v) is 27.8. The van der Waals surface area contributed by atoms with Crippen LogP contribution in [-0.2, 0) is 26.8 Å². The Labute approximate surface area is 271 Å². The molecular weight excluding hydrogens is 582 g/mol. The van der Waals surface area contributed by atoms with E-state index in [1.807, 2.05) is 25.1 Å². The minimum atomic E-state index is -0.931. The molecule has 11 heteroatoms. The number of amides is 3. The third kappa shape index (κ3) is 5.94. The summed E-state index contributed by atoms with van der Waals surface area (Å²) in [6.07, 6.45) is 8.19. The van der Waals surface area contributed by atoms with Gasteiger partial charge in [-0.3, -0.25) is 19.1 Å². The molecule has 4 N–H and O–H groups in total. The van der Waals surface area contributed by atoms with Crippen LogP contribution >= 0.6 is 0 Å². The van der Waals surface area contributed by atoms with Gasteiger partial charge in [0.05, 0.1) is 29.1 Å². The lowest BCUT2D eigenvalue weighted by Crippen LogP contribution is -2.61. The predicted octanol–water partition coefficient (Wildman–Crippen LogP) is 4.31. The van der Waals surface area contributed by atoms with E-state index in [2.05, 4.69) is 46.8 Å². The molecule has 3 aromatic rings. The predicted molar refractivity (Wildman–Crippen MR) is 175 cm³/mol. The second kappa shape index (κ2) is 12.8. The van der Waals surface area contributed by atoms with Crippen molar-refractivity contribution < 1.29 is 19.1 Å². The quantitative estimate of drug-likeness (QED) is 0.263. The molecule has 3 aliphatic rings. The Morgan fingerprint density at radius 2 is 1.93 bits per heavy atom. The van der Waals surface area contributed by atoms with Gasteiger partial charge in [-0.25, -0.2) is 4.98 Å². The van der Waals surface area contributed by atoms with E-state index in [1.165, 1.54) is 0 Å². The van der Waals surface area contributed by atoms with Crippen molar-refractivity contribution in [1.29, 1.82) is 0 Å². The van der Waals surface area contributed by atoms with E-state index in [0.717, 1.165) is 55.1 Å². The Morgan fingerprint density at radius 1 is 1.13 bits per heavy atom. The van der Waals surface area contributed by atoms with Gasteiger partial charge < -0.3 is 25.7 Å². The molecule has 1 saturated heterocycles. The summed E-state index contributed by atoms with van der Waals surface area (Å²) in [6.45, 7) is 9.75. The van der Waals surface area contributed by atoms with Gasteiger partial charge in [-0.15, -0.1) is 0 Å². The molecular formula is C35H49N7O4. The fourth-order valence-corrected chi connectivity index (χ4v) is 8.07. The van der Waals surface area contributed by atoms with Gasteiger partial charge in [0.1, 0.15) is 17.6 Å². The van der Waals surface area contributed by atoms with Crippen molar-refractivity contribution in [3.63, 3.8) is 0 Å². The molecule has 1 aromatic carbocycles. The van der Waals surface area contributed by atoms with Crippen molar-refractivity contribution >= 4 is 28.8 Å². The van der Waals surface area contributed by atoms with Gasteiger partial charge in [-0.05, 0) is 86.0 Å². The summed E-state index contributed by atoms with van der Waals surface area (Å²) in [7, 11) is 1.77. The first-order valence-corrected chi connectivity index (χ1v) is 17.0. The molecule has 3 heterocycles. The van der Waals surface area contributed by atoms with Crippen molar-refractivity contribution in [2.24, 2.45) is 30.2 Å². The smallest absolute Gasteiger partial charge is 0.270 e. The molecule has 6 rings (SSSR count). The summed E-state index contributed by atoms with van der Waals surface area (Å²) < 4.78 is 7.43. The summed E-state index contributed by atoms with van der Waals surface area (Å²) >= 11 is 0. The second-order valence-corrected chi connectivity index (χ2v) is 14.4. The number of aromatic nitrogens is 4. The normalized spacial score (nSPS) is 27.0. The van der Waals surface area contributed by atoms with Crippen LogP contribution in [-0.4, -0.2) is 63.3 Å². The molecule has 2 aliphatic carbocycles. The van der Waals surface area contributed by atoms with Crippen molar-refractivity contribution in [1.82, 2.24) is 35.7 Å². The van der Waals surface area contributed by atoms with Crippen LogP contribution in [0.4, 0.5) is 0 Å². The van der Waals surface area contributed by atoms with Crippen LogP contribution in [0.25, 0.3) is 11.0 Å². The SMILES string of the molecule is CCNC(=O)C(NC(=O)C1(c2ccc3[nH]c(C(NC(=O)c4ccnn4C)C4CCC(C)CC4C)nc3c2)CCOC1)C1(C)CCC1. The number of rotatable bonds is 10. The molecule has 3 fully saturated rings. The molecule has 1 aliphatic heterocycles. The summed E-state index contributed by atoms with van der Waals surface area (Å²) in [5.41, 5.74) is 1.69. The zero-order valence-electron chi connectivity index (χ0n) is 27.8. The summed E-state index contributed by atoms with van der Waals surface area (Å²) in [5.74, 6) is 1.48. The average Bonchev–Trinajstić information content (AvgIpc) is 3.77. The highest BCUT2D eigenvalue weighted by Crippen LogP contribution is 2.45. The van der Waals surface area contributed by atoms with Crippen LogP contribution in [0.1, 0.15) is 101 Å². The van der Waals surface area contributed by atoms with Gasteiger partial charge in [0.15, 0.2) is 0 Å². The number of carbonyl (C=O) groups excluding carboxylic acids is 3. The minimum absolute atomic E-state index is 0.134. The first-order chi connectivity index (χ1) is 22.0. The van der Waals surface area contributed by atoms with E-state index in [1.54, 1.807) is 24.0 Å². The van der Waals surface area contributed by atoms with E-state index in [9.17, 15) is 14.4 Å². The highest BCUT2D eigenvalue weighted by atomic mass is 16.5. The summed E-state index contributed by atoms with van der Waals surface area (Å²) in [5, 5.41) is 13.6. The number of carbonyl (C=O) groups is 3. The van der Waals surface area contributed by atoms with Crippen molar-refractivity contribution in [2.45, 2.75) is 90.1 Å². The zero-order chi connectivity index (χ0) is 32.6. The lowest BCUT2D eigenvalue weighted by atomic mass is 9.65. The fraction of sp³-hybridized carbons (Fsp3) is 0.629. The number of hydrogen-bond donors (Lipinski definition) is 4. The van der Waals surface area contributed by atoms with E-state index >= 15 is 0 Å². The van der Waals surface area contributed by atoms with Crippen molar-refractivity contribution in [3.05, 3.63) is 47.5 Å². The summed E-state index contributed by atoms with van der Waals surface area (Å²) in [6, 6.07) is 6.72. The van der Waals surface area contributed by atoms with Crippen LogP contribution in [0, 0.1) is 23.2 Å². The molecule has 6 unspecified atom stereocenters. The Morgan fingerprint density at radius 3 is 2.57 bits per heavy atom. The molecule has 248 valence electrons. The molecule has 0 spiro atoms. The molecule has 46 heavy (non-hydrogen) atoms. The number of H-pyrrole nitrogens is 1. The second-order valence-electron chi connectivity index (χ2n) is 14.4. The van der Waals surface area contributed by atoms with Crippen molar-refractivity contribution in [2.75, 3.05) is 19.8 Å². The van der Waals surface area contributed by atoms with Crippen LogP contribution in [0.15, 0.2) is 30.5 Å². The Balaban J connectivity index is 1.32. The molecule has 2 aromatic heterocycles. The number of likely N-dealkylation sites (N-methyl/N-ethyl adjacent to an activating group) is 1. The molecule has 0 bridgehead atoms. The number of aromatic amines is 1. The standard InChI is InChI=1S/C35H49N7O4/c1-6-36-32(44)29(34(4)13-7-14-34)41-33(45)35(15-17-46-20-35)23-9-11-25-26(19-23)39-30(38-25)28(24-10-8-21(2)18-22(24)3)40-31(43)27-12-16-37-42(27)5/h9,11-12,16,19,21-22,24,28-29H,6-8,10,13-15,17-18,20H2,1-5H3,(H,36,44)(H,38,39)(H,40,43)(H,41,45). The molecule has 2 saturated carbocycles. The van der Waals surface area contributed by atoms with Crippen molar-refractivity contribution in [3.8, 4) is 0 Å². The van der Waals surface area contributed by atoms with Crippen LogP contribution in [0.2, 0.25) is 0 Å². The number of nitrogens with one attached hydrogen (secondary N) is 4. The third-order valence-electron chi connectivity index (χ3n) is 11.2. The lowest BCUT2D eigenvalue weighted by molar-refractivity contribution is -0.136. The fourth-order valence-electron chi connectivity index (χ4n) is 8.07. The number of ether oxygens (including phenoxy) is 1. The Hall–Kier alpha value is -3.73. The van der Waals surface area contributed by atoms with Gasteiger partial charge >= 0.3 is 0 Å². The Bertz CT molecular complexity index is 1580. The third-order valence-corrected chi connectivity index (χ3v) is 11.2. The monoisotopic (exact) mass is 631 g/mol. The van der Waals surface area contributed by atoms with E-state index in [4.69, 9.17) is 9.72 Å². The van der Waals surface area contributed by atoms with Gasteiger partial charge in [-0.1, -0.05) is 39.7 Å². The van der Waals surface area contributed by atoms with E-state index in [0.29, 0.717) is 42.9 Å². The maximum Gasteiger partial charge on any atom is 0.270 e. The van der Waals surface area contributed by atoms with Gasteiger partial charge in [0, 0.05) is 26.4 Å². The van der Waals surface area contributed by atoms with Crippen LogP contribution < -0.4 is 16.0 Å². The number of imidazole rings is 1. The number of nitrogens with zero attached hydrogens (tertiary/aromatic N) is 3. The number of benzene rings is 1. The molecule has 3 amide bonds. The lowest BCUT2D eigenvalue weighted by Gasteiger charge is -2.45. The average molecular weight is 632 g/mol. The van der Waals surface area contributed by atoms with E-state index < -0.39 is 11.5 Å². The number of aryl methyl sites for hydroxylation is 1. The molecule has 0 radical (unpaired) electrons. The first-order valence-electron chi connectivity index (χ1n) is 17.0. The maximum absolute atomic E-state index is 14.2. The molecule has 6 atom stereocenters. The largest absolute Gasteiger partial charge is 0.380 e. The van der Waals surface area contributed by atoms with Gasteiger partial charge in [-0.2, -0.15) is 5.10 Å².